The Hall–Kier alpha value is -2.29. The quantitative estimate of drug-likeness (QED) is 0.488. The summed E-state index contributed by atoms with van der Waals surface area (Å²) in [6, 6.07) is 13.5. The minimum Gasteiger partial charge on any atom is -0.352 e. The van der Waals surface area contributed by atoms with Crippen molar-refractivity contribution in [3.63, 3.8) is 0 Å². The fourth-order valence-corrected chi connectivity index (χ4v) is 5.54. The van der Waals surface area contributed by atoms with Crippen molar-refractivity contribution in [3.05, 3.63) is 64.1 Å². The Morgan fingerprint density at radius 1 is 1.06 bits per heavy atom. The number of hydrogen-bond donors (Lipinski definition) is 1. The van der Waals surface area contributed by atoms with Crippen LogP contribution in [0, 0.1) is 0 Å². The van der Waals surface area contributed by atoms with Crippen LogP contribution >= 0.6 is 23.2 Å². The Bertz CT molecular complexity index is 1140. The molecule has 0 aromatic heterocycles. The van der Waals surface area contributed by atoms with E-state index in [4.69, 9.17) is 23.2 Å². The summed E-state index contributed by atoms with van der Waals surface area (Å²) in [5.74, 6) is -0.749. The van der Waals surface area contributed by atoms with Crippen molar-refractivity contribution in [2.24, 2.45) is 0 Å². The summed E-state index contributed by atoms with van der Waals surface area (Å²) in [5.41, 5.74) is 1.12. The highest BCUT2D eigenvalue weighted by molar-refractivity contribution is 7.92. The molecule has 190 valence electrons. The molecule has 0 unspecified atom stereocenters. The van der Waals surface area contributed by atoms with Crippen LogP contribution in [0.2, 0.25) is 10.0 Å². The molecule has 0 heterocycles. The van der Waals surface area contributed by atoms with E-state index in [2.05, 4.69) is 5.32 Å². The van der Waals surface area contributed by atoms with E-state index in [-0.39, 0.29) is 34.2 Å². The molecule has 2 aromatic rings. The number of sulfonamides is 1. The van der Waals surface area contributed by atoms with Gasteiger partial charge >= 0.3 is 0 Å². The molecule has 3 rings (SSSR count). The van der Waals surface area contributed by atoms with Crippen molar-refractivity contribution in [2.45, 2.75) is 51.1 Å². The number of carbonyl (C=O) groups is 2. The van der Waals surface area contributed by atoms with E-state index in [1.807, 2.05) is 30.3 Å². The summed E-state index contributed by atoms with van der Waals surface area (Å²) in [4.78, 5) is 28.0. The van der Waals surface area contributed by atoms with Gasteiger partial charge in [0.05, 0.1) is 22.0 Å². The Labute approximate surface area is 217 Å². The molecule has 0 radical (unpaired) electrons. The van der Waals surface area contributed by atoms with E-state index in [9.17, 15) is 18.0 Å². The van der Waals surface area contributed by atoms with Crippen LogP contribution in [-0.4, -0.2) is 56.6 Å². The third kappa shape index (κ3) is 7.35. The number of halogens is 2. The highest BCUT2D eigenvalue weighted by Crippen LogP contribution is 2.33. The molecule has 10 heteroatoms. The van der Waals surface area contributed by atoms with Crippen molar-refractivity contribution in [1.82, 2.24) is 10.2 Å². The fraction of sp³-hybridized carbons (Fsp3) is 0.440. The largest absolute Gasteiger partial charge is 0.352 e. The Kier molecular flexibility index (Phi) is 9.44. The van der Waals surface area contributed by atoms with Gasteiger partial charge in [-0.15, -0.1) is 0 Å². The normalized spacial score (nSPS) is 15.0. The third-order valence-corrected chi connectivity index (χ3v) is 8.17. The first-order valence-corrected chi connectivity index (χ1v) is 14.2. The number of nitrogens with zero attached hydrogens (tertiary/aromatic N) is 2. The highest BCUT2D eigenvalue weighted by atomic mass is 35.5. The number of amides is 2. The van der Waals surface area contributed by atoms with Gasteiger partial charge in [-0.05, 0) is 43.9 Å². The molecule has 1 fully saturated rings. The van der Waals surface area contributed by atoms with Gasteiger partial charge in [-0.1, -0.05) is 72.4 Å². The maximum Gasteiger partial charge on any atom is 0.244 e. The maximum absolute atomic E-state index is 13.5. The lowest BCUT2D eigenvalue weighted by Gasteiger charge is -2.32. The summed E-state index contributed by atoms with van der Waals surface area (Å²) in [7, 11) is -3.88. The van der Waals surface area contributed by atoms with E-state index < -0.39 is 28.5 Å². The van der Waals surface area contributed by atoms with Crippen LogP contribution in [0.15, 0.2) is 48.5 Å². The standard InChI is InChI=1S/C25H31Cl2N3O4S/c1-18(25(32)28-20-11-6-7-12-20)29(16-15-19-9-4-3-5-10-19)23(31)17-30(35(2,33)34)22-14-8-13-21(26)24(22)27/h3-5,8-10,13-14,18,20H,6-7,11-12,15-17H2,1-2H3,(H,28,32)/t18-/m1/s1. The van der Waals surface area contributed by atoms with Gasteiger partial charge in [0.1, 0.15) is 12.6 Å². The second-order valence-corrected chi connectivity index (χ2v) is 11.5. The van der Waals surface area contributed by atoms with Gasteiger partial charge in [0, 0.05) is 12.6 Å². The summed E-state index contributed by atoms with van der Waals surface area (Å²) >= 11 is 12.4. The van der Waals surface area contributed by atoms with Gasteiger partial charge in [-0.3, -0.25) is 13.9 Å². The van der Waals surface area contributed by atoms with E-state index in [0.29, 0.717) is 6.42 Å². The molecule has 0 spiro atoms. The van der Waals surface area contributed by atoms with E-state index >= 15 is 0 Å². The first kappa shape index (κ1) is 27.3. The second kappa shape index (κ2) is 12.1. The molecule has 1 aliphatic rings. The second-order valence-electron chi connectivity index (χ2n) is 8.83. The molecule has 2 amide bonds. The van der Waals surface area contributed by atoms with Crippen molar-refractivity contribution < 1.29 is 18.0 Å². The molecule has 1 N–H and O–H groups in total. The van der Waals surface area contributed by atoms with Crippen LogP contribution in [-0.2, 0) is 26.0 Å². The van der Waals surface area contributed by atoms with Crippen LogP contribution in [0.25, 0.3) is 0 Å². The molecule has 0 aliphatic heterocycles. The van der Waals surface area contributed by atoms with Gasteiger partial charge in [0.15, 0.2) is 0 Å². The maximum atomic E-state index is 13.5. The number of rotatable bonds is 10. The molecular formula is C25H31Cl2N3O4S. The lowest BCUT2D eigenvalue weighted by molar-refractivity contribution is -0.139. The minimum atomic E-state index is -3.88. The summed E-state index contributed by atoms with van der Waals surface area (Å²) in [6.07, 6.45) is 5.50. The number of nitrogens with one attached hydrogen (secondary N) is 1. The Balaban J connectivity index is 1.85. The zero-order valence-corrected chi connectivity index (χ0v) is 22.2. The molecular weight excluding hydrogens is 509 g/mol. The molecule has 1 atom stereocenters. The van der Waals surface area contributed by atoms with E-state index in [1.54, 1.807) is 13.0 Å². The monoisotopic (exact) mass is 539 g/mol. The smallest absolute Gasteiger partial charge is 0.244 e. The van der Waals surface area contributed by atoms with Gasteiger partial charge in [0.2, 0.25) is 21.8 Å². The van der Waals surface area contributed by atoms with Crippen molar-refractivity contribution in [2.75, 3.05) is 23.7 Å². The van der Waals surface area contributed by atoms with Gasteiger partial charge in [0.25, 0.3) is 0 Å². The number of hydrogen-bond acceptors (Lipinski definition) is 4. The van der Waals surface area contributed by atoms with E-state index in [1.165, 1.54) is 17.0 Å². The van der Waals surface area contributed by atoms with Gasteiger partial charge < -0.3 is 10.2 Å². The number of benzene rings is 2. The molecule has 1 saturated carbocycles. The molecule has 2 aromatic carbocycles. The zero-order valence-electron chi connectivity index (χ0n) is 19.9. The lowest BCUT2D eigenvalue weighted by Crippen LogP contribution is -2.53. The molecule has 0 saturated heterocycles. The van der Waals surface area contributed by atoms with Crippen LogP contribution in [0.1, 0.15) is 38.2 Å². The first-order chi connectivity index (χ1) is 16.6. The van der Waals surface area contributed by atoms with Crippen molar-refractivity contribution in [1.29, 1.82) is 0 Å². The predicted octanol–water partition coefficient (Wildman–Crippen LogP) is 4.28. The van der Waals surface area contributed by atoms with E-state index in [0.717, 1.165) is 41.8 Å². The van der Waals surface area contributed by atoms with Crippen LogP contribution in [0.3, 0.4) is 0 Å². The third-order valence-electron chi connectivity index (χ3n) is 6.23. The SMILES string of the molecule is C[C@H](C(=O)NC1CCCC1)N(CCc1ccccc1)C(=O)CN(c1cccc(Cl)c1Cl)S(C)(=O)=O. The van der Waals surface area contributed by atoms with Crippen molar-refractivity contribution >= 4 is 50.7 Å². The van der Waals surface area contributed by atoms with Crippen LogP contribution in [0.4, 0.5) is 5.69 Å². The summed E-state index contributed by atoms with van der Waals surface area (Å²) < 4.78 is 26.2. The summed E-state index contributed by atoms with van der Waals surface area (Å²) in [5, 5.41) is 3.25. The zero-order chi connectivity index (χ0) is 25.6. The number of anilines is 1. The Morgan fingerprint density at radius 2 is 1.71 bits per heavy atom. The molecule has 1 aliphatic carbocycles. The fourth-order valence-electron chi connectivity index (χ4n) is 4.24. The summed E-state index contributed by atoms with van der Waals surface area (Å²) in [6.45, 7) is 1.42. The number of carbonyl (C=O) groups excluding carboxylic acids is 2. The molecule has 0 bridgehead atoms. The lowest BCUT2D eigenvalue weighted by atomic mass is 10.1. The van der Waals surface area contributed by atoms with Crippen molar-refractivity contribution in [3.8, 4) is 0 Å². The van der Waals surface area contributed by atoms with Crippen LogP contribution in [0.5, 0.6) is 0 Å². The molecule has 35 heavy (non-hydrogen) atoms. The average molecular weight is 541 g/mol. The highest BCUT2D eigenvalue weighted by Gasteiger charge is 2.31. The predicted molar refractivity (Wildman–Crippen MR) is 140 cm³/mol. The van der Waals surface area contributed by atoms with Crippen LogP contribution < -0.4 is 9.62 Å². The average Bonchev–Trinajstić information content (AvgIpc) is 3.32. The van der Waals surface area contributed by atoms with Gasteiger partial charge in [-0.2, -0.15) is 0 Å². The first-order valence-electron chi connectivity index (χ1n) is 11.6. The molecule has 7 nitrogen and oxygen atoms in total. The topological polar surface area (TPSA) is 86.8 Å². The Morgan fingerprint density at radius 3 is 2.34 bits per heavy atom. The minimum absolute atomic E-state index is 0.0373. The van der Waals surface area contributed by atoms with Gasteiger partial charge in [-0.25, -0.2) is 8.42 Å².